The normalized spacial score (nSPS) is 16.8. The Labute approximate surface area is 230 Å². The summed E-state index contributed by atoms with van der Waals surface area (Å²) in [4.78, 5) is 49.0. The lowest BCUT2D eigenvalue weighted by Crippen LogP contribution is -2.50. The molecule has 1 atom stereocenters. The van der Waals surface area contributed by atoms with Crippen molar-refractivity contribution < 1.29 is 33.4 Å². The fourth-order valence-electron chi connectivity index (χ4n) is 2.71. The van der Waals surface area contributed by atoms with Gasteiger partial charge in [-0.1, -0.05) is 0 Å². The molecule has 13 heteroatoms. The number of hydrogen-bond acceptors (Lipinski definition) is 7. The van der Waals surface area contributed by atoms with E-state index in [1.54, 1.807) is 13.8 Å². The first-order chi connectivity index (χ1) is 14.7. The summed E-state index contributed by atoms with van der Waals surface area (Å²) >= 11 is 11.5. The number of nitrogens with one attached hydrogen (secondary N) is 2. The summed E-state index contributed by atoms with van der Waals surface area (Å²) in [6.07, 6.45) is -1.08. The minimum absolute atomic E-state index is 0.0890. The molecule has 1 heterocycles. The molecule has 1 aliphatic heterocycles. The standard InChI is InChI=1S/C19H20ClI3N2O7/c1-7(32-8(2)26)17(28)25-15-13(22)10(16(20)27)12(21)11(14(15)23)18(29)24-9-5-30-19(3,4)31-6-9/h7,9H,5-6H2,1-4H3,(H,24,29)(H,25,28). The smallest absolute Gasteiger partial charge is 0.303 e. The molecule has 0 saturated carbocycles. The van der Waals surface area contributed by atoms with Crippen molar-refractivity contribution >= 4 is 108 Å². The Morgan fingerprint density at radius 2 is 1.59 bits per heavy atom. The zero-order chi connectivity index (χ0) is 24.4. The quantitative estimate of drug-likeness (QED) is 0.256. The van der Waals surface area contributed by atoms with Crippen molar-refractivity contribution in [1.29, 1.82) is 0 Å². The van der Waals surface area contributed by atoms with Gasteiger partial charge in [0.15, 0.2) is 11.9 Å². The van der Waals surface area contributed by atoms with Gasteiger partial charge >= 0.3 is 5.97 Å². The highest BCUT2D eigenvalue weighted by atomic mass is 127. The molecule has 9 nitrogen and oxygen atoms in total. The molecule has 0 bridgehead atoms. The number of carbonyl (C=O) groups is 4. The number of rotatable bonds is 6. The highest BCUT2D eigenvalue weighted by molar-refractivity contribution is 14.1. The third kappa shape index (κ3) is 6.86. The van der Waals surface area contributed by atoms with E-state index in [4.69, 9.17) is 25.8 Å². The minimum Gasteiger partial charge on any atom is -0.453 e. The van der Waals surface area contributed by atoms with Crippen molar-refractivity contribution in [3.05, 3.63) is 21.8 Å². The number of amides is 2. The summed E-state index contributed by atoms with van der Waals surface area (Å²) in [6, 6.07) is -0.404. The largest absolute Gasteiger partial charge is 0.453 e. The van der Waals surface area contributed by atoms with Gasteiger partial charge in [0, 0.05) is 10.5 Å². The Kier molecular flexibility index (Phi) is 9.97. The molecule has 1 aromatic rings. The van der Waals surface area contributed by atoms with Crippen molar-refractivity contribution in [2.45, 2.75) is 45.6 Å². The maximum absolute atomic E-state index is 13.1. The molecule has 0 radical (unpaired) electrons. The average Bonchev–Trinajstić information content (AvgIpc) is 2.65. The molecular formula is C19H20ClI3N2O7. The summed E-state index contributed by atoms with van der Waals surface area (Å²) in [5.74, 6) is -2.44. The highest BCUT2D eigenvalue weighted by Gasteiger charge is 2.32. The SMILES string of the molecule is CC(=O)OC(C)C(=O)Nc1c(I)c(C(=O)Cl)c(I)c(C(=O)NC2COC(C)(C)OC2)c1I. The van der Waals surface area contributed by atoms with E-state index in [-0.39, 0.29) is 30.0 Å². The van der Waals surface area contributed by atoms with E-state index in [1.807, 2.05) is 67.8 Å². The van der Waals surface area contributed by atoms with Gasteiger partial charge in [0.05, 0.1) is 43.2 Å². The van der Waals surface area contributed by atoms with Crippen LogP contribution in [0.15, 0.2) is 0 Å². The van der Waals surface area contributed by atoms with Gasteiger partial charge in [-0.05, 0) is 100 Å². The molecule has 1 fully saturated rings. The summed E-state index contributed by atoms with van der Waals surface area (Å²) in [5.41, 5.74) is 0.490. The van der Waals surface area contributed by atoms with Gasteiger partial charge in [0.25, 0.3) is 17.1 Å². The van der Waals surface area contributed by atoms with Gasteiger partial charge in [-0.15, -0.1) is 0 Å². The van der Waals surface area contributed by atoms with Gasteiger partial charge in [-0.25, -0.2) is 0 Å². The van der Waals surface area contributed by atoms with Crippen LogP contribution in [0.1, 0.15) is 48.4 Å². The summed E-state index contributed by atoms with van der Waals surface area (Å²) in [5, 5.41) is 4.69. The predicted octanol–water partition coefficient (Wildman–Crippen LogP) is 3.65. The number of carbonyl (C=O) groups excluding carboxylic acids is 4. The average molecular weight is 805 g/mol. The van der Waals surface area contributed by atoms with Gasteiger partial charge in [0.1, 0.15) is 0 Å². The summed E-state index contributed by atoms with van der Waals surface area (Å²) < 4.78 is 17.2. The van der Waals surface area contributed by atoms with Crippen molar-refractivity contribution in [3.8, 4) is 0 Å². The summed E-state index contributed by atoms with van der Waals surface area (Å²) in [7, 11) is 0. The van der Waals surface area contributed by atoms with Crippen molar-refractivity contribution in [3.63, 3.8) is 0 Å². The molecule has 32 heavy (non-hydrogen) atoms. The molecule has 176 valence electrons. The Hall–Kier alpha value is -0.300. The zero-order valence-corrected chi connectivity index (χ0v) is 24.7. The molecule has 2 amide bonds. The lowest BCUT2D eigenvalue weighted by atomic mass is 10.1. The van der Waals surface area contributed by atoms with E-state index in [0.29, 0.717) is 10.7 Å². The zero-order valence-electron chi connectivity index (χ0n) is 17.4. The van der Waals surface area contributed by atoms with Gasteiger partial charge in [0.2, 0.25) is 0 Å². The second-order valence-electron chi connectivity index (χ2n) is 7.27. The molecule has 1 unspecified atom stereocenters. The Morgan fingerprint density at radius 1 is 1.06 bits per heavy atom. The second-order valence-corrected chi connectivity index (χ2v) is 10.9. The first-order valence-electron chi connectivity index (χ1n) is 9.22. The number of esters is 1. The van der Waals surface area contributed by atoms with Crippen LogP contribution in [0.25, 0.3) is 0 Å². The highest BCUT2D eigenvalue weighted by Crippen LogP contribution is 2.36. The topological polar surface area (TPSA) is 120 Å². The molecule has 2 N–H and O–H groups in total. The van der Waals surface area contributed by atoms with E-state index >= 15 is 0 Å². The van der Waals surface area contributed by atoms with Crippen LogP contribution in [0.2, 0.25) is 0 Å². The van der Waals surface area contributed by atoms with E-state index in [9.17, 15) is 19.2 Å². The first kappa shape index (κ1) is 27.9. The van der Waals surface area contributed by atoms with Crippen LogP contribution in [-0.4, -0.2) is 54.2 Å². The molecule has 0 spiro atoms. The van der Waals surface area contributed by atoms with Gasteiger partial charge in [-0.3, -0.25) is 19.2 Å². The molecule has 0 aromatic heterocycles. The molecule has 0 aliphatic carbocycles. The third-order valence-electron chi connectivity index (χ3n) is 4.30. The predicted molar refractivity (Wildman–Crippen MR) is 142 cm³/mol. The molecule has 1 saturated heterocycles. The van der Waals surface area contributed by atoms with Gasteiger partial charge in [-0.2, -0.15) is 0 Å². The number of anilines is 1. The van der Waals surface area contributed by atoms with E-state index in [1.165, 1.54) is 13.8 Å². The van der Waals surface area contributed by atoms with E-state index < -0.39 is 41.0 Å². The summed E-state index contributed by atoms with van der Waals surface area (Å²) in [6.45, 7) is 6.66. The van der Waals surface area contributed by atoms with Crippen LogP contribution >= 0.6 is 79.4 Å². The number of halogens is 4. The Morgan fingerprint density at radius 3 is 2.09 bits per heavy atom. The molecule has 2 rings (SSSR count). The fourth-order valence-corrected chi connectivity index (χ4v) is 7.63. The van der Waals surface area contributed by atoms with Crippen molar-refractivity contribution in [1.82, 2.24) is 5.32 Å². The maximum atomic E-state index is 13.1. The van der Waals surface area contributed by atoms with Crippen LogP contribution in [-0.2, 0) is 23.8 Å². The lowest BCUT2D eigenvalue weighted by Gasteiger charge is -2.35. The van der Waals surface area contributed by atoms with Crippen LogP contribution in [0, 0.1) is 10.7 Å². The monoisotopic (exact) mass is 804 g/mol. The van der Waals surface area contributed by atoms with Crippen LogP contribution in [0.4, 0.5) is 5.69 Å². The van der Waals surface area contributed by atoms with Crippen molar-refractivity contribution in [2.75, 3.05) is 18.5 Å². The minimum atomic E-state index is -1.08. The van der Waals surface area contributed by atoms with E-state index in [2.05, 4.69) is 10.6 Å². The molecular weight excluding hydrogens is 784 g/mol. The number of benzene rings is 1. The second kappa shape index (κ2) is 11.4. The number of ether oxygens (including phenoxy) is 3. The Bertz CT molecular complexity index is 961. The maximum Gasteiger partial charge on any atom is 0.303 e. The molecule has 1 aromatic carbocycles. The molecule has 1 aliphatic rings. The van der Waals surface area contributed by atoms with Crippen LogP contribution < -0.4 is 10.6 Å². The number of hydrogen-bond donors (Lipinski definition) is 2. The van der Waals surface area contributed by atoms with Crippen molar-refractivity contribution in [2.24, 2.45) is 0 Å². The first-order valence-corrected chi connectivity index (χ1v) is 12.8. The van der Waals surface area contributed by atoms with Crippen LogP contribution in [0.3, 0.4) is 0 Å². The fraction of sp³-hybridized carbons (Fsp3) is 0.474. The van der Waals surface area contributed by atoms with E-state index in [0.717, 1.165) is 0 Å². The Balaban J connectivity index is 2.42. The third-order valence-corrected chi connectivity index (χ3v) is 7.73. The van der Waals surface area contributed by atoms with Crippen LogP contribution in [0.5, 0.6) is 0 Å². The van der Waals surface area contributed by atoms with Gasteiger partial charge < -0.3 is 24.8 Å². The lowest BCUT2D eigenvalue weighted by molar-refractivity contribution is -0.251.